The number of carbonyl (C=O) groups is 1. The van der Waals surface area contributed by atoms with E-state index >= 15 is 0 Å². The first-order valence-electron chi connectivity index (χ1n) is 7.89. The van der Waals surface area contributed by atoms with Gasteiger partial charge in [0, 0.05) is 25.2 Å². The summed E-state index contributed by atoms with van der Waals surface area (Å²) >= 11 is 0. The number of ether oxygens (including phenoxy) is 1. The molecule has 0 bridgehead atoms. The van der Waals surface area contributed by atoms with Gasteiger partial charge < -0.3 is 14.5 Å². The fraction of sp³-hybridized carbons (Fsp3) is 0.471. The van der Waals surface area contributed by atoms with Crippen LogP contribution in [0.1, 0.15) is 18.4 Å². The van der Waals surface area contributed by atoms with Gasteiger partial charge in [-0.1, -0.05) is 0 Å². The van der Waals surface area contributed by atoms with E-state index in [-0.39, 0.29) is 31.2 Å². The van der Waals surface area contributed by atoms with Crippen molar-refractivity contribution in [2.24, 2.45) is 0 Å². The Morgan fingerprint density at radius 1 is 1.32 bits per heavy atom. The number of hydrogen-bond donors (Lipinski definition) is 0. The lowest BCUT2D eigenvalue weighted by Gasteiger charge is -2.32. The van der Waals surface area contributed by atoms with Crippen LogP contribution in [0.25, 0.3) is 0 Å². The third kappa shape index (κ3) is 5.05. The predicted octanol–water partition coefficient (Wildman–Crippen LogP) is 2.31. The first kappa shape index (κ1) is 18.5. The van der Waals surface area contributed by atoms with Crippen molar-refractivity contribution in [1.29, 1.82) is 10.5 Å². The first-order chi connectivity index (χ1) is 12.0. The van der Waals surface area contributed by atoms with Gasteiger partial charge in [0.2, 0.25) is 5.91 Å². The summed E-state index contributed by atoms with van der Waals surface area (Å²) in [4.78, 5) is 15.4. The van der Waals surface area contributed by atoms with E-state index in [0.29, 0.717) is 6.54 Å². The molecule has 0 spiro atoms. The molecule has 25 heavy (non-hydrogen) atoms. The molecule has 1 heterocycles. The number of rotatable bonds is 7. The standard InChI is InChI=1S/C17H18F2N4O2/c18-17(19)25-14-3-4-15-13(12-14)2-1-8-22(15)9-5-16(24)23(10-6-20)11-7-21/h3-4,12,17H,1-2,5,8-11H2. The summed E-state index contributed by atoms with van der Waals surface area (Å²) < 4.78 is 29.1. The second kappa shape index (κ2) is 8.84. The number of alkyl halides is 2. The SMILES string of the molecule is N#CCN(CC#N)C(=O)CCN1CCCc2cc(OC(F)F)ccc21. The summed E-state index contributed by atoms with van der Waals surface area (Å²) in [6.45, 7) is -1.89. The largest absolute Gasteiger partial charge is 0.435 e. The zero-order valence-corrected chi connectivity index (χ0v) is 13.6. The normalized spacial score (nSPS) is 12.9. The van der Waals surface area contributed by atoms with Gasteiger partial charge in [-0.25, -0.2) is 0 Å². The van der Waals surface area contributed by atoms with E-state index in [1.54, 1.807) is 12.1 Å². The Kier molecular flexibility index (Phi) is 6.53. The highest BCUT2D eigenvalue weighted by molar-refractivity contribution is 5.77. The minimum atomic E-state index is -2.86. The van der Waals surface area contributed by atoms with E-state index in [1.165, 1.54) is 11.0 Å². The first-order valence-corrected chi connectivity index (χ1v) is 7.89. The monoisotopic (exact) mass is 348 g/mol. The summed E-state index contributed by atoms with van der Waals surface area (Å²) in [5.74, 6) is -0.131. The van der Waals surface area contributed by atoms with Crippen molar-refractivity contribution in [2.75, 3.05) is 31.1 Å². The maximum absolute atomic E-state index is 12.3. The molecule has 0 unspecified atom stereocenters. The van der Waals surface area contributed by atoms with Gasteiger partial charge in [0.1, 0.15) is 18.8 Å². The van der Waals surface area contributed by atoms with Crippen LogP contribution in [-0.2, 0) is 11.2 Å². The number of amides is 1. The Morgan fingerprint density at radius 2 is 2.04 bits per heavy atom. The molecule has 132 valence electrons. The van der Waals surface area contributed by atoms with Crippen molar-refractivity contribution in [3.8, 4) is 17.9 Å². The van der Waals surface area contributed by atoms with Crippen molar-refractivity contribution in [2.45, 2.75) is 25.9 Å². The Labute approximate surface area is 144 Å². The molecule has 0 aromatic heterocycles. The van der Waals surface area contributed by atoms with Crippen LogP contribution in [0.15, 0.2) is 18.2 Å². The molecule has 1 aromatic carbocycles. The molecule has 1 aromatic rings. The van der Waals surface area contributed by atoms with Crippen LogP contribution >= 0.6 is 0 Å². The van der Waals surface area contributed by atoms with E-state index in [9.17, 15) is 13.6 Å². The molecule has 2 rings (SSSR count). The van der Waals surface area contributed by atoms with Crippen LogP contribution in [0.3, 0.4) is 0 Å². The molecular formula is C17H18F2N4O2. The highest BCUT2D eigenvalue weighted by Crippen LogP contribution is 2.31. The number of fused-ring (bicyclic) bond motifs is 1. The lowest BCUT2D eigenvalue weighted by Crippen LogP contribution is -2.37. The second-order valence-corrected chi connectivity index (χ2v) is 5.58. The van der Waals surface area contributed by atoms with Crippen molar-refractivity contribution in [1.82, 2.24) is 4.90 Å². The van der Waals surface area contributed by atoms with Crippen molar-refractivity contribution >= 4 is 11.6 Å². The van der Waals surface area contributed by atoms with Crippen LogP contribution in [0.5, 0.6) is 5.75 Å². The molecule has 0 atom stereocenters. The predicted molar refractivity (Wildman–Crippen MR) is 86.0 cm³/mol. The Bertz CT molecular complexity index is 681. The molecule has 8 heteroatoms. The lowest BCUT2D eigenvalue weighted by molar-refractivity contribution is -0.129. The molecule has 0 radical (unpaired) electrons. The minimum Gasteiger partial charge on any atom is -0.435 e. The quantitative estimate of drug-likeness (QED) is 0.707. The van der Waals surface area contributed by atoms with E-state index in [4.69, 9.17) is 10.5 Å². The number of halogens is 2. The molecule has 1 aliphatic rings. The van der Waals surface area contributed by atoms with Gasteiger partial charge in [-0.3, -0.25) is 4.79 Å². The van der Waals surface area contributed by atoms with Crippen LogP contribution in [0, 0.1) is 22.7 Å². The second-order valence-electron chi connectivity index (χ2n) is 5.58. The third-order valence-corrected chi connectivity index (χ3v) is 3.96. The highest BCUT2D eigenvalue weighted by atomic mass is 19.3. The third-order valence-electron chi connectivity index (χ3n) is 3.96. The highest BCUT2D eigenvalue weighted by Gasteiger charge is 2.20. The molecule has 0 saturated carbocycles. The lowest BCUT2D eigenvalue weighted by atomic mass is 10.0. The average Bonchev–Trinajstić information content (AvgIpc) is 2.58. The fourth-order valence-electron chi connectivity index (χ4n) is 2.85. The Balaban J connectivity index is 2.02. The molecule has 0 aliphatic carbocycles. The van der Waals surface area contributed by atoms with Crippen molar-refractivity contribution < 1.29 is 18.3 Å². The maximum atomic E-state index is 12.3. The zero-order chi connectivity index (χ0) is 18.2. The topological polar surface area (TPSA) is 80.4 Å². The van der Waals surface area contributed by atoms with Crippen LogP contribution in [-0.4, -0.2) is 43.6 Å². The molecule has 1 amide bonds. The van der Waals surface area contributed by atoms with Crippen molar-refractivity contribution in [3.63, 3.8) is 0 Å². The molecule has 1 aliphatic heterocycles. The van der Waals surface area contributed by atoms with Crippen molar-refractivity contribution in [3.05, 3.63) is 23.8 Å². The number of nitrogens with zero attached hydrogens (tertiary/aromatic N) is 4. The molecule has 0 saturated heterocycles. The molecule has 6 nitrogen and oxygen atoms in total. The van der Waals surface area contributed by atoms with E-state index < -0.39 is 6.61 Å². The van der Waals surface area contributed by atoms with E-state index in [2.05, 4.69) is 4.74 Å². The van der Waals surface area contributed by atoms with Gasteiger partial charge in [-0.15, -0.1) is 0 Å². The average molecular weight is 348 g/mol. The van der Waals surface area contributed by atoms with Crippen LogP contribution < -0.4 is 9.64 Å². The Hall–Kier alpha value is -2.87. The summed E-state index contributed by atoms with van der Waals surface area (Å²) in [5.41, 5.74) is 1.80. The maximum Gasteiger partial charge on any atom is 0.387 e. The number of aryl methyl sites for hydroxylation is 1. The summed E-state index contributed by atoms with van der Waals surface area (Å²) in [6, 6.07) is 8.56. The molecule has 0 fully saturated rings. The van der Waals surface area contributed by atoms with Gasteiger partial charge in [0.25, 0.3) is 0 Å². The number of anilines is 1. The number of nitriles is 2. The minimum absolute atomic E-state index is 0.114. The van der Waals surface area contributed by atoms with Gasteiger partial charge in [0.05, 0.1) is 12.1 Å². The fourth-order valence-corrected chi connectivity index (χ4v) is 2.85. The number of carbonyl (C=O) groups excluding carboxylic acids is 1. The van der Waals surface area contributed by atoms with E-state index in [0.717, 1.165) is 30.6 Å². The van der Waals surface area contributed by atoms with Crippen LogP contribution in [0.4, 0.5) is 14.5 Å². The van der Waals surface area contributed by atoms with Gasteiger partial charge in [-0.05, 0) is 36.6 Å². The van der Waals surface area contributed by atoms with E-state index in [1.807, 2.05) is 17.0 Å². The van der Waals surface area contributed by atoms with Gasteiger partial charge >= 0.3 is 6.61 Å². The number of benzene rings is 1. The van der Waals surface area contributed by atoms with Gasteiger partial charge in [0.15, 0.2) is 0 Å². The summed E-state index contributed by atoms with van der Waals surface area (Å²) in [6.07, 6.45) is 1.78. The van der Waals surface area contributed by atoms with Crippen LogP contribution in [0.2, 0.25) is 0 Å². The van der Waals surface area contributed by atoms with Gasteiger partial charge in [-0.2, -0.15) is 19.3 Å². The zero-order valence-electron chi connectivity index (χ0n) is 13.6. The molecular weight excluding hydrogens is 330 g/mol. The Morgan fingerprint density at radius 3 is 2.68 bits per heavy atom. The smallest absolute Gasteiger partial charge is 0.387 e. The number of hydrogen-bond acceptors (Lipinski definition) is 5. The molecule has 0 N–H and O–H groups in total. The summed E-state index contributed by atoms with van der Waals surface area (Å²) in [7, 11) is 0. The summed E-state index contributed by atoms with van der Waals surface area (Å²) in [5, 5.41) is 17.4.